The van der Waals surface area contributed by atoms with Gasteiger partial charge in [0.05, 0.1) is 11.8 Å². The molecule has 3 rings (SSSR count). The predicted molar refractivity (Wildman–Crippen MR) is 94.6 cm³/mol. The van der Waals surface area contributed by atoms with Crippen LogP contribution >= 0.6 is 0 Å². The van der Waals surface area contributed by atoms with Crippen LogP contribution in [0.3, 0.4) is 0 Å². The first-order valence-corrected chi connectivity index (χ1v) is 8.75. The zero-order valence-electron chi connectivity index (χ0n) is 14.6. The molecule has 1 aliphatic rings. The number of piperidine rings is 1. The fourth-order valence-corrected chi connectivity index (χ4v) is 3.12. The van der Waals surface area contributed by atoms with Gasteiger partial charge in [0.25, 0.3) is 5.91 Å². The van der Waals surface area contributed by atoms with E-state index in [1.807, 2.05) is 30.0 Å². The molecule has 1 amide bonds. The Kier molecular flexibility index (Phi) is 5.78. The molecule has 0 bridgehead atoms. The van der Waals surface area contributed by atoms with Gasteiger partial charge < -0.3 is 15.4 Å². The molecule has 7 heteroatoms. The van der Waals surface area contributed by atoms with Gasteiger partial charge in [-0.05, 0) is 56.5 Å². The molecule has 1 aliphatic heterocycles. The van der Waals surface area contributed by atoms with E-state index in [0.29, 0.717) is 18.7 Å². The minimum absolute atomic E-state index is 0.0775. The number of carbonyl (C=O) groups is 1. The van der Waals surface area contributed by atoms with Gasteiger partial charge in [0.1, 0.15) is 12.7 Å². The molecule has 1 aromatic heterocycles. The molecule has 0 aliphatic carbocycles. The van der Waals surface area contributed by atoms with E-state index in [4.69, 9.17) is 10.5 Å². The maximum Gasteiger partial charge on any atom is 0.253 e. The molecule has 0 spiro atoms. The lowest BCUT2D eigenvalue weighted by atomic mass is 10.0. The predicted octanol–water partition coefficient (Wildman–Crippen LogP) is 1.55. The van der Waals surface area contributed by atoms with E-state index in [-0.39, 0.29) is 12.0 Å². The van der Waals surface area contributed by atoms with Crippen molar-refractivity contribution >= 4 is 5.91 Å². The Morgan fingerprint density at radius 3 is 2.80 bits per heavy atom. The molecule has 0 unspecified atom stereocenters. The van der Waals surface area contributed by atoms with Gasteiger partial charge in [-0.2, -0.15) is 5.10 Å². The molecule has 1 aromatic carbocycles. The van der Waals surface area contributed by atoms with Crippen LogP contribution in [0, 0.1) is 6.92 Å². The number of hydrogen-bond acceptors (Lipinski definition) is 5. The number of aromatic nitrogens is 3. The number of nitrogens with two attached hydrogens (primary N) is 1. The Morgan fingerprint density at radius 1 is 1.36 bits per heavy atom. The number of likely N-dealkylation sites (tertiary alicyclic amines) is 1. The Labute approximate surface area is 147 Å². The van der Waals surface area contributed by atoms with Crippen molar-refractivity contribution in [2.75, 3.05) is 26.2 Å². The van der Waals surface area contributed by atoms with Gasteiger partial charge in [-0.25, -0.2) is 9.67 Å². The van der Waals surface area contributed by atoms with E-state index < -0.39 is 0 Å². The summed E-state index contributed by atoms with van der Waals surface area (Å²) in [4.78, 5) is 18.6. The van der Waals surface area contributed by atoms with Gasteiger partial charge in [0.15, 0.2) is 0 Å². The zero-order valence-corrected chi connectivity index (χ0v) is 14.6. The van der Waals surface area contributed by atoms with Crippen LogP contribution in [0.4, 0.5) is 0 Å². The van der Waals surface area contributed by atoms with Crippen LogP contribution in [0.5, 0.6) is 0 Å². The third-order valence-electron chi connectivity index (χ3n) is 4.54. The summed E-state index contributed by atoms with van der Waals surface area (Å²) >= 11 is 0. The molecular formula is C18H25N5O2. The minimum Gasteiger partial charge on any atom is -0.378 e. The Balaban J connectivity index is 1.59. The number of hydrogen-bond donors (Lipinski definition) is 1. The maximum atomic E-state index is 12.8. The lowest BCUT2D eigenvalue weighted by Crippen LogP contribution is -2.41. The molecule has 1 fully saturated rings. The van der Waals surface area contributed by atoms with Gasteiger partial charge in [-0.3, -0.25) is 4.79 Å². The molecular weight excluding hydrogens is 318 g/mol. The van der Waals surface area contributed by atoms with Crippen LogP contribution in [0.25, 0.3) is 5.69 Å². The van der Waals surface area contributed by atoms with Gasteiger partial charge in [0.2, 0.25) is 0 Å². The quantitative estimate of drug-likeness (QED) is 0.804. The molecule has 1 saturated heterocycles. The van der Waals surface area contributed by atoms with E-state index in [2.05, 4.69) is 10.1 Å². The highest BCUT2D eigenvalue weighted by molar-refractivity contribution is 5.94. The Hall–Kier alpha value is -2.25. The first-order valence-electron chi connectivity index (χ1n) is 8.75. The largest absolute Gasteiger partial charge is 0.378 e. The number of amides is 1. The number of ether oxygens (including phenoxy) is 1. The first kappa shape index (κ1) is 17.6. The second-order valence-electron chi connectivity index (χ2n) is 6.35. The van der Waals surface area contributed by atoms with Gasteiger partial charge in [-0.15, -0.1) is 0 Å². The number of benzene rings is 1. The molecule has 0 radical (unpaired) electrons. The highest BCUT2D eigenvalue weighted by atomic mass is 16.5. The lowest BCUT2D eigenvalue weighted by molar-refractivity contribution is 0.00844. The van der Waals surface area contributed by atoms with E-state index >= 15 is 0 Å². The summed E-state index contributed by atoms with van der Waals surface area (Å²) in [5.41, 5.74) is 8.12. The molecule has 25 heavy (non-hydrogen) atoms. The summed E-state index contributed by atoms with van der Waals surface area (Å²) in [6.07, 6.45) is 6.04. The number of carbonyl (C=O) groups excluding carboxylic acids is 1. The second-order valence-corrected chi connectivity index (χ2v) is 6.35. The van der Waals surface area contributed by atoms with Crippen molar-refractivity contribution in [3.05, 3.63) is 42.0 Å². The van der Waals surface area contributed by atoms with Crippen LogP contribution in [0.15, 0.2) is 30.9 Å². The van der Waals surface area contributed by atoms with Crippen LogP contribution in [-0.2, 0) is 4.74 Å². The average Bonchev–Trinajstić information content (AvgIpc) is 3.16. The summed E-state index contributed by atoms with van der Waals surface area (Å²) in [6.45, 7) is 4.80. The molecule has 7 nitrogen and oxygen atoms in total. The van der Waals surface area contributed by atoms with E-state index in [1.54, 1.807) is 11.0 Å². The maximum absolute atomic E-state index is 12.8. The van der Waals surface area contributed by atoms with Crippen LogP contribution in [0.2, 0.25) is 0 Å². The second kappa shape index (κ2) is 8.22. The summed E-state index contributed by atoms with van der Waals surface area (Å²) < 4.78 is 7.50. The summed E-state index contributed by atoms with van der Waals surface area (Å²) in [7, 11) is 0. The van der Waals surface area contributed by atoms with Crippen molar-refractivity contribution in [3.63, 3.8) is 0 Å². The van der Waals surface area contributed by atoms with Crippen molar-refractivity contribution in [3.8, 4) is 5.69 Å². The lowest BCUT2D eigenvalue weighted by Gasteiger charge is -2.32. The highest BCUT2D eigenvalue weighted by Gasteiger charge is 2.24. The molecule has 134 valence electrons. The third-order valence-corrected chi connectivity index (χ3v) is 4.54. The number of aryl methyl sites for hydroxylation is 1. The number of nitrogens with zero attached hydrogens (tertiary/aromatic N) is 4. The van der Waals surface area contributed by atoms with Crippen molar-refractivity contribution in [1.82, 2.24) is 19.7 Å². The standard InChI is InChI=1S/C18H25N5O2/c1-14-11-15(3-4-17(14)23-13-20-12-21-23)18(24)22-8-5-16(6-9-22)25-10-2-7-19/h3-4,11-13,16H,2,5-10,19H2,1H3. The highest BCUT2D eigenvalue weighted by Crippen LogP contribution is 2.19. The molecule has 2 aromatic rings. The van der Waals surface area contributed by atoms with Crippen LogP contribution in [-0.4, -0.2) is 57.9 Å². The van der Waals surface area contributed by atoms with E-state index in [9.17, 15) is 4.79 Å². The van der Waals surface area contributed by atoms with Gasteiger partial charge in [0, 0.05) is 25.3 Å². The fourth-order valence-electron chi connectivity index (χ4n) is 3.12. The van der Waals surface area contributed by atoms with Crippen molar-refractivity contribution < 1.29 is 9.53 Å². The molecule has 2 N–H and O–H groups in total. The summed E-state index contributed by atoms with van der Waals surface area (Å²) in [6, 6.07) is 5.69. The minimum atomic E-state index is 0.0775. The van der Waals surface area contributed by atoms with E-state index in [1.165, 1.54) is 6.33 Å². The topological polar surface area (TPSA) is 86.3 Å². The van der Waals surface area contributed by atoms with Crippen LogP contribution in [0.1, 0.15) is 35.2 Å². The van der Waals surface area contributed by atoms with Crippen molar-refractivity contribution in [2.45, 2.75) is 32.3 Å². The molecule has 0 atom stereocenters. The first-order chi connectivity index (χ1) is 12.2. The third kappa shape index (κ3) is 4.24. The smallest absolute Gasteiger partial charge is 0.253 e. The van der Waals surface area contributed by atoms with Gasteiger partial charge in [-0.1, -0.05) is 0 Å². The van der Waals surface area contributed by atoms with Crippen molar-refractivity contribution in [1.29, 1.82) is 0 Å². The summed E-state index contributed by atoms with van der Waals surface area (Å²) in [5, 5.41) is 4.14. The van der Waals surface area contributed by atoms with Crippen molar-refractivity contribution in [2.24, 2.45) is 5.73 Å². The Bertz CT molecular complexity index is 693. The fraction of sp³-hybridized carbons (Fsp3) is 0.500. The van der Waals surface area contributed by atoms with Crippen LogP contribution < -0.4 is 5.73 Å². The normalized spacial score (nSPS) is 15.5. The molecule has 0 saturated carbocycles. The monoisotopic (exact) mass is 343 g/mol. The summed E-state index contributed by atoms with van der Waals surface area (Å²) in [5.74, 6) is 0.0775. The zero-order chi connectivity index (χ0) is 17.6. The van der Waals surface area contributed by atoms with Gasteiger partial charge >= 0.3 is 0 Å². The molecule has 2 heterocycles. The van der Waals surface area contributed by atoms with E-state index in [0.717, 1.165) is 43.6 Å². The Morgan fingerprint density at radius 2 is 2.16 bits per heavy atom. The SMILES string of the molecule is Cc1cc(C(=O)N2CCC(OCCCN)CC2)ccc1-n1cncn1. The average molecular weight is 343 g/mol. The number of rotatable bonds is 6.